The van der Waals surface area contributed by atoms with Crippen LogP contribution in [-0.2, 0) is 12.8 Å². The Kier molecular flexibility index (Phi) is 13.1. The maximum Gasteiger partial charge on any atom is 0.213 e. The smallest absolute Gasteiger partial charge is 0.213 e. The maximum atomic E-state index is 15.2. The van der Waals surface area contributed by atoms with Gasteiger partial charge < -0.3 is 9.47 Å². The largest absolute Gasteiger partial charge is 0.491 e. The van der Waals surface area contributed by atoms with Gasteiger partial charge in [0.15, 0.2) is 11.6 Å². The number of fused-ring (bicyclic) bond motifs is 3. The summed E-state index contributed by atoms with van der Waals surface area (Å²) in [6.07, 6.45) is 20.2. The summed E-state index contributed by atoms with van der Waals surface area (Å²) in [5, 5.41) is 0. The number of halogens is 1. The van der Waals surface area contributed by atoms with Gasteiger partial charge in [0.2, 0.25) is 5.88 Å². The van der Waals surface area contributed by atoms with Gasteiger partial charge in [0, 0.05) is 11.6 Å². The van der Waals surface area contributed by atoms with E-state index in [1.165, 1.54) is 77.0 Å². The van der Waals surface area contributed by atoms with Crippen LogP contribution >= 0.6 is 0 Å². The summed E-state index contributed by atoms with van der Waals surface area (Å²) in [5.74, 6) is 0.883. The van der Waals surface area contributed by atoms with E-state index in [1.54, 1.807) is 6.07 Å². The zero-order valence-corrected chi connectivity index (χ0v) is 22.9. The van der Waals surface area contributed by atoms with Gasteiger partial charge in [0.1, 0.15) is 0 Å². The highest BCUT2D eigenvalue weighted by atomic mass is 19.1. The van der Waals surface area contributed by atoms with Crippen LogP contribution in [0.5, 0.6) is 11.6 Å². The van der Waals surface area contributed by atoms with Crippen molar-refractivity contribution in [3.8, 4) is 22.8 Å². The Bertz CT molecular complexity index is 898. The first-order valence-corrected chi connectivity index (χ1v) is 14.8. The van der Waals surface area contributed by atoms with E-state index in [0.29, 0.717) is 31.3 Å². The first kappa shape index (κ1) is 28.5. The molecule has 0 atom stereocenters. The fourth-order valence-electron chi connectivity index (χ4n) is 5.10. The molecular weight excluding hydrogens is 449 g/mol. The van der Waals surface area contributed by atoms with Gasteiger partial charge in [-0.3, -0.25) is 0 Å². The van der Waals surface area contributed by atoms with Crippen molar-refractivity contribution in [3.63, 3.8) is 0 Å². The van der Waals surface area contributed by atoms with Crippen LogP contribution in [0.25, 0.3) is 11.1 Å². The molecule has 0 saturated carbocycles. The van der Waals surface area contributed by atoms with Gasteiger partial charge in [-0.1, -0.05) is 103 Å². The Labute approximate surface area is 219 Å². The molecule has 0 fully saturated rings. The lowest BCUT2D eigenvalue weighted by Crippen LogP contribution is -2.11. The van der Waals surface area contributed by atoms with Gasteiger partial charge in [-0.25, -0.2) is 9.37 Å². The summed E-state index contributed by atoms with van der Waals surface area (Å²) in [5.41, 5.74) is 3.73. The van der Waals surface area contributed by atoms with Gasteiger partial charge in [-0.2, -0.15) is 0 Å². The molecular formula is C32H48FNO2. The molecule has 0 N–H and O–H groups in total. The van der Waals surface area contributed by atoms with Gasteiger partial charge >= 0.3 is 0 Å². The molecule has 3 nitrogen and oxygen atoms in total. The Morgan fingerprint density at radius 3 is 1.83 bits per heavy atom. The molecule has 1 heterocycles. The van der Waals surface area contributed by atoms with Gasteiger partial charge in [-0.15, -0.1) is 0 Å². The van der Waals surface area contributed by atoms with Crippen LogP contribution in [0.2, 0.25) is 0 Å². The molecule has 1 aliphatic rings. The van der Waals surface area contributed by atoms with Crippen molar-refractivity contribution in [1.82, 2.24) is 4.98 Å². The summed E-state index contributed by atoms with van der Waals surface area (Å²) >= 11 is 0. The van der Waals surface area contributed by atoms with E-state index in [2.05, 4.69) is 13.8 Å². The highest BCUT2D eigenvalue weighted by Gasteiger charge is 2.23. The predicted molar refractivity (Wildman–Crippen MR) is 149 cm³/mol. The van der Waals surface area contributed by atoms with E-state index in [0.717, 1.165) is 48.1 Å². The normalized spacial score (nSPS) is 12.3. The van der Waals surface area contributed by atoms with Crippen LogP contribution in [-0.4, -0.2) is 18.2 Å². The van der Waals surface area contributed by atoms with Crippen molar-refractivity contribution in [3.05, 3.63) is 41.3 Å². The fraction of sp³-hybridized carbons (Fsp3) is 0.656. The monoisotopic (exact) mass is 497 g/mol. The quantitative estimate of drug-likeness (QED) is 0.181. The second-order valence-electron chi connectivity index (χ2n) is 10.3. The van der Waals surface area contributed by atoms with Crippen molar-refractivity contribution < 1.29 is 13.9 Å². The van der Waals surface area contributed by atoms with Crippen molar-refractivity contribution >= 4 is 0 Å². The number of hydrogen-bond donors (Lipinski definition) is 0. The van der Waals surface area contributed by atoms with Crippen LogP contribution < -0.4 is 9.47 Å². The van der Waals surface area contributed by atoms with Gasteiger partial charge in [0.05, 0.1) is 18.9 Å². The Morgan fingerprint density at radius 2 is 1.19 bits per heavy atom. The molecule has 0 aliphatic heterocycles. The van der Waals surface area contributed by atoms with Crippen molar-refractivity contribution in [2.75, 3.05) is 13.2 Å². The molecule has 3 rings (SSSR count). The third-order valence-corrected chi connectivity index (χ3v) is 7.31. The van der Waals surface area contributed by atoms with E-state index in [1.807, 2.05) is 18.2 Å². The molecule has 0 bridgehead atoms. The number of aromatic nitrogens is 1. The molecule has 0 spiro atoms. The van der Waals surface area contributed by atoms with E-state index in [9.17, 15) is 0 Å². The van der Waals surface area contributed by atoms with Gasteiger partial charge in [-0.05, 0) is 48.9 Å². The molecule has 1 aliphatic carbocycles. The van der Waals surface area contributed by atoms with Crippen LogP contribution in [0, 0.1) is 5.82 Å². The van der Waals surface area contributed by atoms with Crippen LogP contribution in [0.15, 0.2) is 24.3 Å². The Morgan fingerprint density at radius 1 is 0.639 bits per heavy atom. The third kappa shape index (κ3) is 9.09. The minimum Gasteiger partial charge on any atom is -0.491 e. The van der Waals surface area contributed by atoms with Gasteiger partial charge in [0.25, 0.3) is 0 Å². The third-order valence-electron chi connectivity index (χ3n) is 7.31. The van der Waals surface area contributed by atoms with Crippen molar-refractivity contribution in [2.24, 2.45) is 0 Å². The summed E-state index contributed by atoms with van der Waals surface area (Å²) in [6.45, 7) is 5.79. The lowest BCUT2D eigenvalue weighted by molar-refractivity contribution is 0.288. The van der Waals surface area contributed by atoms with Crippen molar-refractivity contribution in [2.45, 2.75) is 123 Å². The standard InChI is InChI=1S/C32H48FNO2/c1-3-5-7-9-11-13-14-16-24-35-30-22-19-26-27-20-23-31(34-29(27)21-18-28(26)32(30)33)36-25-17-15-12-10-8-6-4-2/h19-20,22-23H,3-18,21,24-25H2,1-2H3. The average Bonchev–Trinajstić information content (AvgIpc) is 2.90. The highest BCUT2D eigenvalue weighted by Crippen LogP contribution is 2.38. The number of benzene rings is 1. The zero-order valence-electron chi connectivity index (χ0n) is 22.9. The zero-order chi connectivity index (χ0) is 25.4. The number of hydrogen-bond acceptors (Lipinski definition) is 3. The lowest BCUT2D eigenvalue weighted by Gasteiger charge is -2.21. The second-order valence-corrected chi connectivity index (χ2v) is 10.3. The molecule has 0 amide bonds. The molecule has 2 aromatic rings. The first-order valence-electron chi connectivity index (χ1n) is 14.8. The molecule has 4 heteroatoms. The molecule has 36 heavy (non-hydrogen) atoms. The van der Waals surface area contributed by atoms with E-state index in [-0.39, 0.29) is 5.82 Å². The van der Waals surface area contributed by atoms with Crippen LogP contribution in [0.1, 0.15) is 121 Å². The molecule has 1 aromatic carbocycles. The minimum atomic E-state index is -0.197. The number of rotatable bonds is 19. The molecule has 0 radical (unpaired) electrons. The predicted octanol–water partition coefficient (Wildman–Crippen LogP) is 9.64. The number of pyridine rings is 1. The second kappa shape index (κ2) is 16.6. The maximum absolute atomic E-state index is 15.2. The first-order chi connectivity index (χ1) is 17.7. The molecule has 0 saturated heterocycles. The topological polar surface area (TPSA) is 31.4 Å². The van der Waals surface area contributed by atoms with E-state index < -0.39 is 0 Å². The number of ether oxygens (including phenoxy) is 2. The SMILES string of the molecule is CCCCCCCCCCOc1ccc2c(c1F)CCc1nc(OCCCCCCCCC)ccc1-2. The summed E-state index contributed by atoms with van der Waals surface area (Å²) in [6, 6.07) is 7.76. The molecule has 1 aromatic heterocycles. The Hall–Kier alpha value is -2.10. The van der Waals surface area contributed by atoms with E-state index >= 15 is 4.39 Å². The summed E-state index contributed by atoms with van der Waals surface area (Å²) in [7, 11) is 0. The minimum absolute atomic E-state index is 0.197. The highest BCUT2D eigenvalue weighted by molar-refractivity contribution is 5.73. The molecule has 200 valence electrons. The van der Waals surface area contributed by atoms with Crippen LogP contribution in [0.3, 0.4) is 0 Å². The lowest BCUT2D eigenvalue weighted by atomic mass is 9.88. The summed E-state index contributed by atoms with van der Waals surface area (Å²) < 4.78 is 27.0. The average molecular weight is 498 g/mol. The van der Waals surface area contributed by atoms with Crippen LogP contribution in [0.4, 0.5) is 4.39 Å². The number of aryl methyl sites for hydroxylation is 1. The number of unbranched alkanes of at least 4 members (excludes halogenated alkanes) is 13. The fourth-order valence-corrected chi connectivity index (χ4v) is 5.10. The Balaban J connectivity index is 1.43. The number of nitrogens with zero attached hydrogens (tertiary/aromatic N) is 1. The van der Waals surface area contributed by atoms with Crippen molar-refractivity contribution in [1.29, 1.82) is 0 Å². The van der Waals surface area contributed by atoms with E-state index in [4.69, 9.17) is 14.5 Å². The summed E-state index contributed by atoms with van der Waals surface area (Å²) in [4.78, 5) is 4.75. The molecule has 0 unspecified atom stereocenters.